The lowest BCUT2D eigenvalue weighted by Gasteiger charge is -2.10. The van der Waals surface area contributed by atoms with Crippen LogP contribution in [0.25, 0.3) is 6.08 Å². The van der Waals surface area contributed by atoms with Gasteiger partial charge in [-0.25, -0.2) is 0 Å². The van der Waals surface area contributed by atoms with Gasteiger partial charge in [-0.05, 0) is 75.8 Å². The van der Waals surface area contributed by atoms with Crippen molar-refractivity contribution >= 4 is 17.7 Å². The van der Waals surface area contributed by atoms with Crippen LogP contribution in [0, 0.1) is 0 Å². The van der Waals surface area contributed by atoms with Gasteiger partial charge in [-0.2, -0.15) is 0 Å². The molecular formula is C22H28N2O2. The molecule has 2 aromatic carbocycles. The zero-order valence-electron chi connectivity index (χ0n) is 16.0. The second-order valence-corrected chi connectivity index (χ2v) is 6.81. The predicted octanol–water partition coefficient (Wildman–Crippen LogP) is 4.23. The van der Waals surface area contributed by atoms with E-state index in [2.05, 4.69) is 36.4 Å². The summed E-state index contributed by atoms with van der Waals surface area (Å²) in [4.78, 5) is 14.3. The van der Waals surface area contributed by atoms with Gasteiger partial charge in [0.05, 0.1) is 6.10 Å². The Morgan fingerprint density at radius 1 is 1.15 bits per heavy atom. The van der Waals surface area contributed by atoms with Gasteiger partial charge in [0.1, 0.15) is 5.75 Å². The van der Waals surface area contributed by atoms with Gasteiger partial charge in [-0.3, -0.25) is 4.79 Å². The van der Waals surface area contributed by atoms with Gasteiger partial charge in [0.25, 0.3) is 0 Å². The molecule has 4 nitrogen and oxygen atoms in total. The molecule has 0 bridgehead atoms. The van der Waals surface area contributed by atoms with Crippen LogP contribution in [0.1, 0.15) is 25.0 Å². The first-order valence-corrected chi connectivity index (χ1v) is 8.92. The Morgan fingerprint density at radius 2 is 1.88 bits per heavy atom. The van der Waals surface area contributed by atoms with Crippen molar-refractivity contribution in [2.45, 2.75) is 26.4 Å². The van der Waals surface area contributed by atoms with Gasteiger partial charge in [0, 0.05) is 18.3 Å². The maximum Gasteiger partial charge on any atom is 0.248 e. The monoisotopic (exact) mass is 352 g/mol. The third kappa shape index (κ3) is 7.11. The standard InChI is InChI=1S/C22H28N2O2/c1-17(2)26-21-7-5-6-19(16-21)10-13-22(25)23-20-11-8-18(9-12-20)14-15-24(3)4/h5-13,16-17H,14-15H2,1-4H3,(H,23,25)/b13-10+. The second kappa shape index (κ2) is 9.78. The number of nitrogens with one attached hydrogen (secondary N) is 1. The van der Waals surface area contributed by atoms with E-state index in [0.29, 0.717) is 0 Å². The SMILES string of the molecule is CC(C)Oc1cccc(/C=C/C(=O)Nc2ccc(CCN(C)C)cc2)c1. The fourth-order valence-corrected chi connectivity index (χ4v) is 2.43. The summed E-state index contributed by atoms with van der Waals surface area (Å²) in [6.45, 7) is 4.98. The van der Waals surface area contributed by atoms with Crippen LogP contribution < -0.4 is 10.1 Å². The number of anilines is 1. The molecule has 0 heterocycles. The molecule has 4 heteroatoms. The molecule has 0 unspecified atom stereocenters. The van der Waals surface area contributed by atoms with Crippen molar-refractivity contribution in [2.75, 3.05) is 26.0 Å². The number of carbonyl (C=O) groups excluding carboxylic acids is 1. The minimum absolute atomic E-state index is 0.123. The molecule has 0 saturated heterocycles. The maximum atomic E-state index is 12.1. The van der Waals surface area contributed by atoms with Crippen LogP contribution in [0.3, 0.4) is 0 Å². The molecule has 0 saturated carbocycles. The molecule has 26 heavy (non-hydrogen) atoms. The Balaban J connectivity index is 1.90. The first kappa shape index (κ1) is 19.7. The number of ether oxygens (including phenoxy) is 1. The van der Waals surface area contributed by atoms with Crippen molar-refractivity contribution in [1.82, 2.24) is 4.90 Å². The van der Waals surface area contributed by atoms with E-state index in [1.165, 1.54) is 11.6 Å². The fourth-order valence-electron chi connectivity index (χ4n) is 2.43. The molecule has 0 spiro atoms. The molecule has 2 aromatic rings. The van der Waals surface area contributed by atoms with Crippen molar-refractivity contribution in [2.24, 2.45) is 0 Å². The minimum atomic E-state index is -0.152. The summed E-state index contributed by atoms with van der Waals surface area (Å²) < 4.78 is 5.67. The van der Waals surface area contributed by atoms with Crippen LogP contribution in [-0.4, -0.2) is 37.6 Å². The van der Waals surface area contributed by atoms with Crippen molar-refractivity contribution in [3.8, 4) is 5.75 Å². The smallest absolute Gasteiger partial charge is 0.248 e. The van der Waals surface area contributed by atoms with Crippen LogP contribution in [0.15, 0.2) is 54.6 Å². The van der Waals surface area contributed by atoms with Crippen LogP contribution >= 0.6 is 0 Å². The molecular weight excluding hydrogens is 324 g/mol. The zero-order valence-corrected chi connectivity index (χ0v) is 16.0. The number of hydrogen-bond acceptors (Lipinski definition) is 3. The van der Waals surface area contributed by atoms with E-state index < -0.39 is 0 Å². The Morgan fingerprint density at radius 3 is 2.54 bits per heavy atom. The molecule has 0 aliphatic rings. The first-order chi connectivity index (χ1) is 12.4. The average Bonchev–Trinajstić information content (AvgIpc) is 2.59. The van der Waals surface area contributed by atoms with E-state index >= 15 is 0 Å². The quantitative estimate of drug-likeness (QED) is 0.723. The van der Waals surface area contributed by atoms with Gasteiger partial charge in [0.2, 0.25) is 5.91 Å². The van der Waals surface area contributed by atoms with Crippen LogP contribution in [0.4, 0.5) is 5.69 Å². The summed E-state index contributed by atoms with van der Waals surface area (Å²) in [5, 5.41) is 2.88. The highest BCUT2D eigenvalue weighted by molar-refractivity contribution is 6.01. The number of nitrogens with zero attached hydrogens (tertiary/aromatic N) is 1. The van der Waals surface area contributed by atoms with E-state index in [0.717, 1.165) is 30.0 Å². The van der Waals surface area contributed by atoms with Crippen molar-refractivity contribution in [3.63, 3.8) is 0 Å². The molecule has 1 N–H and O–H groups in total. The lowest BCUT2D eigenvalue weighted by molar-refractivity contribution is -0.111. The fraction of sp³-hybridized carbons (Fsp3) is 0.318. The summed E-state index contributed by atoms with van der Waals surface area (Å²) in [6.07, 6.45) is 4.44. The summed E-state index contributed by atoms with van der Waals surface area (Å²) in [6, 6.07) is 15.7. The predicted molar refractivity (Wildman–Crippen MR) is 109 cm³/mol. The summed E-state index contributed by atoms with van der Waals surface area (Å²) in [5.41, 5.74) is 2.98. The maximum absolute atomic E-state index is 12.1. The highest BCUT2D eigenvalue weighted by Crippen LogP contribution is 2.16. The minimum Gasteiger partial charge on any atom is -0.491 e. The van der Waals surface area contributed by atoms with Crippen LogP contribution in [0.5, 0.6) is 5.75 Å². The Kier molecular flexibility index (Phi) is 7.42. The van der Waals surface area contributed by atoms with E-state index in [-0.39, 0.29) is 12.0 Å². The van der Waals surface area contributed by atoms with Gasteiger partial charge >= 0.3 is 0 Å². The Hall–Kier alpha value is -2.59. The van der Waals surface area contributed by atoms with Gasteiger partial charge in [-0.1, -0.05) is 24.3 Å². The summed E-state index contributed by atoms with van der Waals surface area (Å²) in [7, 11) is 4.12. The van der Waals surface area contributed by atoms with Crippen molar-refractivity contribution < 1.29 is 9.53 Å². The number of carbonyl (C=O) groups is 1. The van der Waals surface area contributed by atoms with Crippen LogP contribution in [-0.2, 0) is 11.2 Å². The highest BCUT2D eigenvalue weighted by Gasteiger charge is 2.01. The second-order valence-electron chi connectivity index (χ2n) is 6.81. The number of benzene rings is 2. The average molecular weight is 352 g/mol. The number of amides is 1. The topological polar surface area (TPSA) is 41.6 Å². The largest absolute Gasteiger partial charge is 0.491 e. The van der Waals surface area contributed by atoms with Crippen molar-refractivity contribution in [3.05, 3.63) is 65.7 Å². The first-order valence-electron chi connectivity index (χ1n) is 8.92. The molecule has 0 atom stereocenters. The number of likely N-dealkylation sites (N-methyl/N-ethyl adjacent to an activating group) is 1. The number of rotatable bonds is 8. The third-order valence-corrected chi connectivity index (χ3v) is 3.73. The summed E-state index contributed by atoms with van der Waals surface area (Å²) in [5.74, 6) is 0.650. The van der Waals surface area contributed by atoms with Crippen molar-refractivity contribution in [1.29, 1.82) is 0 Å². The van der Waals surface area contributed by atoms with E-state index in [1.54, 1.807) is 6.08 Å². The lowest BCUT2D eigenvalue weighted by Crippen LogP contribution is -2.15. The van der Waals surface area contributed by atoms with Gasteiger partial charge < -0.3 is 15.0 Å². The Bertz CT molecular complexity index is 734. The molecule has 0 radical (unpaired) electrons. The molecule has 2 rings (SSSR count). The molecule has 138 valence electrons. The molecule has 0 aliphatic carbocycles. The lowest BCUT2D eigenvalue weighted by atomic mass is 10.1. The molecule has 0 aromatic heterocycles. The normalized spacial score (nSPS) is 11.3. The highest BCUT2D eigenvalue weighted by atomic mass is 16.5. The summed E-state index contributed by atoms with van der Waals surface area (Å²) >= 11 is 0. The van der Waals surface area contributed by atoms with Crippen LogP contribution in [0.2, 0.25) is 0 Å². The van der Waals surface area contributed by atoms with Gasteiger partial charge in [0.15, 0.2) is 0 Å². The molecule has 0 fully saturated rings. The van der Waals surface area contributed by atoms with E-state index in [9.17, 15) is 4.79 Å². The van der Waals surface area contributed by atoms with E-state index in [4.69, 9.17) is 4.74 Å². The number of hydrogen-bond donors (Lipinski definition) is 1. The third-order valence-electron chi connectivity index (χ3n) is 3.73. The molecule has 1 amide bonds. The zero-order chi connectivity index (χ0) is 18.9. The van der Waals surface area contributed by atoms with Gasteiger partial charge in [-0.15, -0.1) is 0 Å². The van der Waals surface area contributed by atoms with E-state index in [1.807, 2.05) is 50.2 Å². The molecule has 0 aliphatic heterocycles. The Labute approximate surface area is 156 Å².